The summed E-state index contributed by atoms with van der Waals surface area (Å²) in [6.07, 6.45) is 5.95. The highest BCUT2D eigenvalue weighted by Crippen LogP contribution is 2.08. The van der Waals surface area contributed by atoms with Gasteiger partial charge in [0.2, 0.25) is 11.8 Å². The average molecular weight is 235 g/mol. The van der Waals surface area contributed by atoms with Gasteiger partial charge in [-0.2, -0.15) is 4.98 Å². The standard InChI is InChI=1S/C11H17N5O/c1-3-4-5-12-11-13-6-7-16(11)8-10-14-9(2)15-17-10/h6-7H,3-5,8H2,1-2H3,(H,12,13). The quantitative estimate of drug-likeness (QED) is 0.774. The third-order valence-corrected chi connectivity index (χ3v) is 2.40. The number of hydrogen-bond donors (Lipinski definition) is 1. The van der Waals surface area contributed by atoms with Gasteiger partial charge in [-0.3, -0.25) is 0 Å². The number of imidazole rings is 1. The molecule has 6 heteroatoms. The summed E-state index contributed by atoms with van der Waals surface area (Å²) in [7, 11) is 0. The zero-order chi connectivity index (χ0) is 12.1. The van der Waals surface area contributed by atoms with Gasteiger partial charge in [-0.25, -0.2) is 4.98 Å². The zero-order valence-corrected chi connectivity index (χ0v) is 10.2. The molecule has 92 valence electrons. The molecule has 6 nitrogen and oxygen atoms in total. The van der Waals surface area contributed by atoms with Crippen LogP contribution in [0.15, 0.2) is 16.9 Å². The number of nitrogens with one attached hydrogen (secondary N) is 1. The summed E-state index contributed by atoms with van der Waals surface area (Å²) < 4.78 is 7.04. The topological polar surface area (TPSA) is 68.8 Å². The van der Waals surface area contributed by atoms with Crippen molar-refractivity contribution < 1.29 is 4.52 Å². The van der Waals surface area contributed by atoms with Gasteiger partial charge in [0.05, 0.1) is 0 Å². The molecule has 0 spiro atoms. The highest BCUT2D eigenvalue weighted by atomic mass is 16.5. The fourth-order valence-corrected chi connectivity index (χ4v) is 1.53. The molecule has 0 amide bonds. The van der Waals surface area contributed by atoms with Crippen LogP contribution in [0.25, 0.3) is 0 Å². The molecule has 2 rings (SSSR count). The van der Waals surface area contributed by atoms with Crippen LogP contribution in [0.4, 0.5) is 5.95 Å². The Kier molecular flexibility index (Phi) is 3.74. The maximum absolute atomic E-state index is 5.08. The summed E-state index contributed by atoms with van der Waals surface area (Å²) in [6, 6.07) is 0. The minimum atomic E-state index is 0.551. The Morgan fingerprint density at radius 2 is 2.35 bits per heavy atom. The Morgan fingerprint density at radius 1 is 1.47 bits per heavy atom. The summed E-state index contributed by atoms with van der Waals surface area (Å²) in [6.45, 7) is 5.45. The summed E-state index contributed by atoms with van der Waals surface area (Å²) in [5.74, 6) is 2.09. The highest BCUT2D eigenvalue weighted by molar-refractivity contribution is 5.26. The lowest BCUT2D eigenvalue weighted by molar-refractivity contribution is 0.368. The monoisotopic (exact) mass is 235 g/mol. The van der Waals surface area contributed by atoms with E-state index in [0.29, 0.717) is 18.3 Å². The van der Waals surface area contributed by atoms with Crippen LogP contribution in [-0.4, -0.2) is 26.2 Å². The number of aryl methyl sites for hydroxylation is 1. The molecule has 2 heterocycles. The molecular weight excluding hydrogens is 218 g/mol. The Labute approximate surface area is 100 Å². The zero-order valence-electron chi connectivity index (χ0n) is 10.2. The van der Waals surface area contributed by atoms with Crippen molar-refractivity contribution in [2.45, 2.75) is 33.2 Å². The minimum Gasteiger partial charge on any atom is -0.356 e. The van der Waals surface area contributed by atoms with Crippen molar-refractivity contribution in [1.29, 1.82) is 0 Å². The molecule has 0 aliphatic rings. The molecule has 0 aromatic carbocycles. The van der Waals surface area contributed by atoms with Crippen molar-refractivity contribution in [3.8, 4) is 0 Å². The van der Waals surface area contributed by atoms with Crippen LogP contribution >= 0.6 is 0 Å². The maximum atomic E-state index is 5.08. The second-order valence-electron chi connectivity index (χ2n) is 3.89. The first kappa shape index (κ1) is 11.6. The van der Waals surface area contributed by atoms with Gasteiger partial charge in [-0.1, -0.05) is 18.5 Å². The van der Waals surface area contributed by atoms with Crippen molar-refractivity contribution in [2.75, 3.05) is 11.9 Å². The van der Waals surface area contributed by atoms with Gasteiger partial charge in [-0.05, 0) is 13.3 Å². The van der Waals surface area contributed by atoms with Crippen molar-refractivity contribution in [3.05, 3.63) is 24.1 Å². The van der Waals surface area contributed by atoms with E-state index in [2.05, 4.69) is 27.4 Å². The molecule has 0 aliphatic heterocycles. The van der Waals surface area contributed by atoms with E-state index >= 15 is 0 Å². The molecule has 17 heavy (non-hydrogen) atoms. The first-order chi connectivity index (χ1) is 8.29. The molecule has 0 saturated heterocycles. The minimum absolute atomic E-state index is 0.551. The number of unbranched alkanes of at least 4 members (excludes halogenated alkanes) is 1. The molecule has 0 saturated carbocycles. The van der Waals surface area contributed by atoms with E-state index in [1.165, 1.54) is 0 Å². The summed E-state index contributed by atoms with van der Waals surface area (Å²) in [5.41, 5.74) is 0. The molecule has 2 aromatic heterocycles. The number of hydrogen-bond acceptors (Lipinski definition) is 5. The number of nitrogens with zero attached hydrogens (tertiary/aromatic N) is 4. The van der Waals surface area contributed by atoms with Crippen LogP contribution in [-0.2, 0) is 6.54 Å². The van der Waals surface area contributed by atoms with E-state index in [1.807, 2.05) is 10.8 Å². The smallest absolute Gasteiger partial charge is 0.246 e. The fourth-order valence-electron chi connectivity index (χ4n) is 1.53. The van der Waals surface area contributed by atoms with Gasteiger partial charge in [-0.15, -0.1) is 0 Å². The summed E-state index contributed by atoms with van der Waals surface area (Å²) in [5, 5.41) is 7.05. The predicted octanol–water partition coefficient (Wildman–Crippen LogP) is 1.83. The lowest BCUT2D eigenvalue weighted by atomic mass is 10.3. The third-order valence-electron chi connectivity index (χ3n) is 2.40. The molecule has 0 fully saturated rings. The Bertz CT molecular complexity index is 462. The molecule has 0 atom stereocenters. The second kappa shape index (κ2) is 5.47. The molecule has 0 bridgehead atoms. The van der Waals surface area contributed by atoms with E-state index in [1.54, 1.807) is 13.1 Å². The van der Waals surface area contributed by atoms with Crippen LogP contribution in [0.2, 0.25) is 0 Å². The van der Waals surface area contributed by atoms with Crippen LogP contribution < -0.4 is 5.32 Å². The van der Waals surface area contributed by atoms with Crippen LogP contribution in [0, 0.1) is 6.92 Å². The number of anilines is 1. The van der Waals surface area contributed by atoms with Gasteiger partial charge in [0.25, 0.3) is 0 Å². The van der Waals surface area contributed by atoms with E-state index in [4.69, 9.17) is 4.52 Å². The van der Waals surface area contributed by atoms with Crippen LogP contribution in [0.1, 0.15) is 31.5 Å². The first-order valence-corrected chi connectivity index (χ1v) is 5.83. The molecule has 2 aromatic rings. The van der Waals surface area contributed by atoms with Gasteiger partial charge < -0.3 is 14.4 Å². The number of aromatic nitrogens is 4. The van der Waals surface area contributed by atoms with Crippen molar-refractivity contribution in [2.24, 2.45) is 0 Å². The molecule has 0 aliphatic carbocycles. The lowest BCUT2D eigenvalue weighted by Gasteiger charge is -2.06. The fraction of sp³-hybridized carbons (Fsp3) is 0.545. The SMILES string of the molecule is CCCCNc1nccn1Cc1nc(C)no1. The maximum Gasteiger partial charge on any atom is 0.246 e. The Morgan fingerprint density at radius 3 is 3.06 bits per heavy atom. The van der Waals surface area contributed by atoms with Gasteiger partial charge in [0.15, 0.2) is 5.82 Å². The van der Waals surface area contributed by atoms with E-state index < -0.39 is 0 Å². The van der Waals surface area contributed by atoms with Gasteiger partial charge >= 0.3 is 0 Å². The number of rotatable bonds is 6. The summed E-state index contributed by atoms with van der Waals surface area (Å²) in [4.78, 5) is 8.42. The molecule has 0 unspecified atom stereocenters. The van der Waals surface area contributed by atoms with E-state index in [0.717, 1.165) is 25.3 Å². The first-order valence-electron chi connectivity index (χ1n) is 5.83. The third kappa shape index (κ3) is 3.05. The molecule has 1 N–H and O–H groups in total. The van der Waals surface area contributed by atoms with Gasteiger partial charge in [0.1, 0.15) is 6.54 Å². The lowest BCUT2D eigenvalue weighted by Crippen LogP contribution is -2.09. The van der Waals surface area contributed by atoms with E-state index in [9.17, 15) is 0 Å². The van der Waals surface area contributed by atoms with Crippen LogP contribution in [0.5, 0.6) is 0 Å². The summed E-state index contributed by atoms with van der Waals surface area (Å²) >= 11 is 0. The van der Waals surface area contributed by atoms with Gasteiger partial charge in [0, 0.05) is 18.9 Å². The predicted molar refractivity (Wildman–Crippen MR) is 63.8 cm³/mol. The van der Waals surface area contributed by atoms with Crippen molar-refractivity contribution >= 4 is 5.95 Å². The normalized spacial score (nSPS) is 10.7. The van der Waals surface area contributed by atoms with E-state index in [-0.39, 0.29) is 0 Å². The largest absolute Gasteiger partial charge is 0.356 e. The second-order valence-corrected chi connectivity index (χ2v) is 3.89. The highest BCUT2D eigenvalue weighted by Gasteiger charge is 2.07. The Hall–Kier alpha value is -1.85. The Balaban J connectivity index is 1.98. The van der Waals surface area contributed by atoms with Crippen LogP contribution in [0.3, 0.4) is 0 Å². The molecule has 0 radical (unpaired) electrons. The van der Waals surface area contributed by atoms with Crippen molar-refractivity contribution in [1.82, 2.24) is 19.7 Å². The van der Waals surface area contributed by atoms with Crippen molar-refractivity contribution in [3.63, 3.8) is 0 Å². The average Bonchev–Trinajstić information content (AvgIpc) is 2.90. The molecular formula is C11H17N5O.